The van der Waals surface area contributed by atoms with E-state index in [1.807, 2.05) is 6.26 Å². The number of aromatic nitrogens is 2. The van der Waals surface area contributed by atoms with Crippen LogP contribution in [0.5, 0.6) is 0 Å². The molecular weight excluding hydrogens is 210 g/mol. The van der Waals surface area contributed by atoms with Crippen LogP contribution < -0.4 is 5.32 Å². The lowest BCUT2D eigenvalue weighted by molar-refractivity contribution is 0.330. The van der Waals surface area contributed by atoms with E-state index in [1.165, 1.54) is 0 Å². The monoisotopic (exact) mass is 229 g/mol. The first-order valence-electron chi connectivity index (χ1n) is 5.23. The number of hydrogen-bond acceptors (Lipinski definition) is 5. The molecule has 0 fully saturated rings. The third-order valence-corrected chi connectivity index (χ3v) is 2.97. The molecule has 0 saturated carbocycles. The van der Waals surface area contributed by atoms with E-state index in [9.17, 15) is 0 Å². The Kier molecular flexibility index (Phi) is 5.11. The molecule has 86 valence electrons. The van der Waals surface area contributed by atoms with Crippen LogP contribution in [0.15, 0.2) is 4.52 Å². The Bertz CT molecular complexity index is 290. The van der Waals surface area contributed by atoms with E-state index < -0.39 is 0 Å². The molecule has 2 unspecified atom stereocenters. The Morgan fingerprint density at radius 3 is 2.80 bits per heavy atom. The van der Waals surface area contributed by atoms with Gasteiger partial charge in [-0.1, -0.05) is 19.0 Å². The zero-order valence-electron chi connectivity index (χ0n) is 9.78. The van der Waals surface area contributed by atoms with Gasteiger partial charge in [0.05, 0.1) is 11.7 Å². The highest BCUT2D eigenvalue weighted by Crippen LogP contribution is 2.18. The molecule has 4 nitrogen and oxygen atoms in total. The maximum absolute atomic E-state index is 5.23. The van der Waals surface area contributed by atoms with Crippen molar-refractivity contribution in [1.29, 1.82) is 0 Å². The molecule has 5 heteroatoms. The molecule has 0 spiro atoms. The maximum atomic E-state index is 5.23. The molecule has 1 aromatic heterocycles. The van der Waals surface area contributed by atoms with Crippen LogP contribution >= 0.6 is 11.8 Å². The summed E-state index contributed by atoms with van der Waals surface area (Å²) in [6, 6.07) is 0.359. The third-order valence-electron chi connectivity index (χ3n) is 2.42. The minimum Gasteiger partial charge on any atom is -0.339 e. The minimum absolute atomic E-state index is 0.257. The average Bonchev–Trinajstić information content (AvgIpc) is 2.66. The predicted octanol–water partition coefficient (Wildman–Crippen LogP) is 2.03. The second kappa shape index (κ2) is 6.12. The van der Waals surface area contributed by atoms with E-state index in [0.29, 0.717) is 6.04 Å². The first kappa shape index (κ1) is 12.5. The summed E-state index contributed by atoms with van der Waals surface area (Å²) in [7, 11) is 0. The molecule has 0 bridgehead atoms. The molecular formula is C10H19N3OS. The first-order chi connectivity index (χ1) is 7.19. The molecule has 15 heavy (non-hydrogen) atoms. The largest absolute Gasteiger partial charge is 0.339 e. The second-order valence-electron chi connectivity index (χ2n) is 3.62. The molecule has 2 atom stereocenters. The predicted molar refractivity (Wildman–Crippen MR) is 63.1 cm³/mol. The van der Waals surface area contributed by atoms with Crippen LogP contribution in [0.3, 0.4) is 0 Å². The molecule has 0 aliphatic carbocycles. The van der Waals surface area contributed by atoms with Crippen LogP contribution in [0.1, 0.15) is 38.4 Å². The van der Waals surface area contributed by atoms with E-state index in [2.05, 4.69) is 36.2 Å². The van der Waals surface area contributed by atoms with Crippen molar-refractivity contribution in [3.8, 4) is 0 Å². The van der Waals surface area contributed by atoms with Gasteiger partial charge in [0.1, 0.15) is 0 Å². The Morgan fingerprint density at radius 2 is 2.20 bits per heavy atom. The molecule has 1 heterocycles. The van der Waals surface area contributed by atoms with Crippen molar-refractivity contribution in [2.45, 2.75) is 38.5 Å². The van der Waals surface area contributed by atoms with Crippen LogP contribution in [0, 0.1) is 0 Å². The van der Waals surface area contributed by atoms with E-state index in [4.69, 9.17) is 4.52 Å². The highest BCUT2D eigenvalue weighted by atomic mass is 32.2. The maximum Gasteiger partial charge on any atom is 0.231 e. The number of rotatable bonds is 6. The van der Waals surface area contributed by atoms with Crippen molar-refractivity contribution in [3.63, 3.8) is 0 Å². The number of hydrogen-bond donors (Lipinski definition) is 1. The number of thioether (sulfide) groups is 1. The van der Waals surface area contributed by atoms with Gasteiger partial charge in [0.25, 0.3) is 0 Å². The van der Waals surface area contributed by atoms with Crippen molar-refractivity contribution in [2.24, 2.45) is 0 Å². The Labute approximate surface area is 95.2 Å². The summed E-state index contributed by atoms with van der Waals surface area (Å²) in [5, 5.41) is 7.29. The standard InChI is InChI=1S/C10H19N3OS/c1-5-11-8(3)7(2)10-12-9(6-15-4)13-14-10/h7-8,11H,5-6H2,1-4H3. The summed E-state index contributed by atoms with van der Waals surface area (Å²) in [6.07, 6.45) is 2.03. The van der Waals surface area contributed by atoms with Gasteiger partial charge in [-0.3, -0.25) is 0 Å². The Balaban J connectivity index is 2.60. The molecule has 1 N–H and O–H groups in total. The van der Waals surface area contributed by atoms with Crippen molar-refractivity contribution >= 4 is 11.8 Å². The highest BCUT2D eigenvalue weighted by Gasteiger charge is 2.19. The smallest absolute Gasteiger partial charge is 0.231 e. The molecule has 1 aromatic rings. The zero-order valence-corrected chi connectivity index (χ0v) is 10.6. The van der Waals surface area contributed by atoms with E-state index in [-0.39, 0.29) is 5.92 Å². The summed E-state index contributed by atoms with van der Waals surface area (Å²) in [5.41, 5.74) is 0. The van der Waals surface area contributed by atoms with Crippen molar-refractivity contribution in [1.82, 2.24) is 15.5 Å². The van der Waals surface area contributed by atoms with Crippen LogP contribution in [0.25, 0.3) is 0 Å². The summed E-state index contributed by atoms with van der Waals surface area (Å²) in [4.78, 5) is 4.36. The van der Waals surface area contributed by atoms with Gasteiger partial charge in [-0.05, 0) is 19.7 Å². The fourth-order valence-corrected chi connectivity index (χ4v) is 1.73. The quantitative estimate of drug-likeness (QED) is 0.809. The summed E-state index contributed by atoms with van der Waals surface area (Å²) >= 11 is 1.70. The zero-order chi connectivity index (χ0) is 11.3. The van der Waals surface area contributed by atoms with Gasteiger partial charge < -0.3 is 9.84 Å². The SMILES string of the molecule is CCNC(C)C(C)c1nc(CSC)no1. The number of nitrogens with zero attached hydrogens (tertiary/aromatic N) is 2. The summed E-state index contributed by atoms with van der Waals surface area (Å²) in [6.45, 7) is 7.28. The number of nitrogens with one attached hydrogen (secondary N) is 1. The van der Waals surface area contributed by atoms with Crippen LogP contribution in [-0.4, -0.2) is 29.0 Å². The lowest BCUT2D eigenvalue weighted by Crippen LogP contribution is -2.30. The van der Waals surface area contributed by atoms with Gasteiger partial charge >= 0.3 is 0 Å². The molecule has 0 aliphatic rings. The molecule has 0 aromatic carbocycles. The first-order valence-corrected chi connectivity index (χ1v) is 6.63. The van der Waals surface area contributed by atoms with Crippen LogP contribution in [-0.2, 0) is 5.75 Å². The van der Waals surface area contributed by atoms with Gasteiger partial charge in [-0.25, -0.2) is 0 Å². The van der Waals surface area contributed by atoms with Gasteiger partial charge in [0.15, 0.2) is 5.82 Å². The molecule has 0 aliphatic heterocycles. The minimum atomic E-state index is 0.257. The van der Waals surface area contributed by atoms with E-state index in [1.54, 1.807) is 11.8 Å². The molecule has 0 amide bonds. The fraction of sp³-hybridized carbons (Fsp3) is 0.800. The van der Waals surface area contributed by atoms with Gasteiger partial charge in [-0.2, -0.15) is 16.7 Å². The van der Waals surface area contributed by atoms with E-state index >= 15 is 0 Å². The van der Waals surface area contributed by atoms with Crippen LogP contribution in [0.4, 0.5) is 0 Å². The van der Waals surface area contributed by atoms with E-state index in [0.717, 1.165) is 24.0 Å². The molecule has 0 saturated heterocycles. The lowest BCUT2D eigenvalue weighted by Gasteiger charge is -2.16. The highest BCUT2D eigenvalue weighted by molar-refractivity contribution is 7.97. The van der Waals surface area contributed by atoms with Crippen molar-refractivity contribution in [3.05, 3.63) is 11.7 Å². The Morgan fingerprint density at radius 1 is 1.47 bits per heavy atom. The van der Waals surface area contributed by atoms with Gasteiger partial charge in [0.2, 0.25) is 5.89 Å². The topological polar surface area (TPSA) is 51.0 Å². The van der Waals surface area contributed by atoms with Gasteiger partial charge in [0, 0.05) is 6.04 Å². The fourth-order valence-electron chi connectivity index (χ4n) is 1.35. The molecule has 0 radical (unpaired) electrons. The van der Waals surface area contributed by atoms with Crippen molar-refractivity contribution in [2.75, 3.05) is 12.8 Å². The second-order valence-corrected chi connectivity index (χ2v) is 4.48. The normalized spacial score (nSPS) is 15.2. The Hall–Kier alpha value is -0.550. The number of likely N-dealkylation sites (N-methyl/N-ethyl adjacent to an activating group) is 1. The average molecular weight is 229 g/mol. The lowest BCUT2D eigenvalue weighted by atomic mass is 10.0. The third kappa shape index (κ3) is 3.50. The summed E-state index contributed by atoms with van der Waals surface area (Å²) in [5.74, 6) is 2.58. The van der Waals surface area contributed by atoms with Crippen molar-refractivity contribution < 1.29 is 4.52 Å². The molecule has 1 rings (SSSR count). The summed E-state index contributed by atoms with van der Waals surface area (Å²) < 4.78 is 5.23. The van der Waals surface area contributed by atoms with Gasteiger partial charge in [-0.15, -0.1) is 0 Å². The van der Waals surface area contributed by atoms with Crippen LogP contribution in [0.2, 0.25) is 0 Å².